The van der Waals surface area contributed by atoms with Crippen LogP contribution in [0.4, 0.5) is 0 Å². The summed E-state index contributed by atoms with van der Waals surface area (Å²) in [5.74, 6) is -0.870. The first-order chi connectivity index (χ1) is 12.9. The zero-order chi connectivity index (χ0) is 19.4. The Kier molecular flexibility index (Phi) is 5.84. The van der Waals surface area contributed by atoms with Gasteiger partial charge in [0.25, 0.3) is 5.91 Å². The monoisotopic (exact) mass is 392 g/mol. The number of hydrogen-bond acceptors (Lipinski definition) is 5. The second-order valence-electron chi connectivity index (χ2n) is 6.84. The van der Waals surface area contributed by atoms with E-state index in [9.17, 15) is 18.0 Å². The smallest absolute Gasteiger partial charge is 0.355 e. The molecule has 3 rings (SSSR count). The van der Waals surface area contributed by atoms with Crippen molar-refractivity contribution in [3.63, 3.8) is 0 Å². The number of hydrogen-bond donors (Lipinski definition) is 1. The van der Waals surface area contributed by atoms with Gasteiger partial charge in [0.1, 0.15) is 5.69 Å². The molecule has 1 atom stereocenters. The second-order valence-corrected chi connectivity index (χ2v) is 9.07. The summed E-state index contributed by atoms with van der Waals surface area (Å²) >= 11 is 0. The van der Waals surface area contributed by atoms with Gasteiger partial charge in [0.05, 0.1) is 11.5 Å². The highest BCUT2D eigenvalue weighted by Crippen LogP contribution is 2.19. The van der Waals surface area contributed by atoms with Crippen molar-refractivity contribution in [3.05, 3.63) is 36.0 Å². The molecule has 0 spiro atoms. The molecule has 0 saturated carbocycles. The van der Waals surface area contributed by atoms with Gasteiger partial charge in [0.2, 0.25) is 0 Å². The molecule has 2 aromatic rings. The minimum Gasteiger partial charge on any atom is -0.451 e. The molecule has 2 heterocycles. The summed E-state index contributed by atoms with van der Waals surface area (Å²) in [5, 5.41) is 0.886. The molecule has 0 bridgehead atoms. The topological polar surface area (TPSA) is 96.5 Å². The van der Waals surface area contributed by atoms with Gasteiger partial charge in [-0.25, -0.2) is 13.2 Å². The number of nitrogens with zero attached hydrogens (tertiary/aromatic N) is 1. The number of aromatic amines is 1. The third-order valence-corrected chi connectivity index (χ3v) is 6.55. The van der Waals surface area contributed by atoms with Crippen LogP contribution in [0, 0.1) is 0 Å². The molecule has 0 unspecified atom stereocenters. The molecule has 146 valence electrons. The fourth-order valence-electron chi connectivity index (χ4n) is 3.33. The Hall–Kier alpha value is -2.35. The lowest BCUT2D eigenvalue weighted by molar-refractivity contribution is -0.136. The Bertz CT molecular complexity index is 901. The molecule has 1 N–H and O–H groups in total. The minimum atomic E-state index is -3.09. The standard InChI is InChI=1S/C19H24N2O5S/c1-2-3-9-21(15-8-10-27(24,25)13-15)18(22)12-26-19(23)17-11-14-6-4-5-7-16(14)20-17/h4-7,11,15,20H,2-3,8-10,12-13H2,1H3/t15-/m1/s1. The van der Waals surface area contributed by atoms with Crippen molar-refractivity contribution in [3.8, 4) is 0 Å². The minimum absolute atomic E-state index is 0.0155. The number of fused-ring (bicyclic) bond motifs is 1. The van der Waals surface area contributed by atoms with Crippen LogP contribution in [0.1, 0.15) is 36.7 Å². The maximum Gasteiger partial charge on any atom is 0.355 e. The van der Waals surface area contributed by atoms with Crippen LogP contribution < -0.4 is 0 Å². The van der Waals surface area contributed by atoms with Crippen LogP contribution in [0.15, 0.2) is 30.3 Å². The number of carbonyl (C=O) groups excluding carboxylic acids is 2. The number of carbonyl (C=O) groups is 2. The van der Waals surface area contributed by atoms with E-state index < -0.39 is 22.4 Å². The van der Waals surface area contributed by atoms with Gasteiger partial charge in [-0.1, -0.05) is 31.5 Å². The molecule has 27 heavy (non-hydrogen) atoms. The number of amides is 1. The van der Waals surface area contributed by atoms with E-state index in [1.807, 2.05) is 31.2 Å². The maximum absolute atomic E-state index is 12.6. The summed E-state index contributed by atoms with van der Waals surface area (Å²) in [7, 11) is -3.09. The highest BCUT2D eigenvalue weighted by Gasteiger charge is 2.34. The van der Waals surface area contributed by atoms with Crippen LogP contribution in [-0.4, -0.2) is 60.9 Å². The van der Waals surface area contributed by atoms with Crippen molar-refractivity contribution in [2.24, 2.45) is 0 Å². The predicted molar refractivity (Wildman–Crippen MR) is 102 cm³/mol. The van der Waals surface area contributed by atoms with E-state index in [1.165, 1.54) is 0 Å². The molecular formula is C19H24N2O5S. The molecule has 1 aliphatic heterocycles. The summed E-state index contributed by atoms with van der Waals surface area (Å²) in [6.07, 6.45) is 2.10. The van der Waals surface area contributed by atoms with E-state index in [0.29, 0.717) is 13.0 Å². The number of aromatic nitrogens is 1. The fourth-order valence-corrected chi connectivity index (χ4v) is 5.06. The highest BCUT2D eigenvalue weighted by atomic mass is 32.2. The quantitative estimate of drug-likeness (QED) is 0.728. The molecule has 1 aromatic carbocycles. The van der Waals surface area contributed by atoms with Crippen molar-refractivity contribution in [1.82, 2.24) is 9.88 Å². The van der Waals surface area contributed by atoms with Gasteiger partial charge in [0, 0.05) is 23.5 Å². The van der Waals surface area contributed by atoms with E-state index in [2.05, 4.69) is 4.98 Å². The number of nitrogens with one attached hydrogen (secondary N) is 1. The van der Waals surface area contributed by atoms with Crippen LogP contribution in [-0.2, 0) is 19.4 Å². The van der Waals surface area contributed by atoms with Crippen molar-refractivity contribution in [2.45, 2.75) is 32.2 Å². The third kappa shape index (κ3) is 4.68. The SMILES string of the molecule is CCCCN(C(=O)COC(=O)c1cc2ccccc2[nH]1)[C@@H]1CCS(=O)(=O)C1. The number of rotatable bonds is 7. The molecule has 1 fully saturated rings. The van der Waals surface area contributed by atoms with Gasteiger partial charge in [-0.3, -0.25) is 4.79 Å². The van der Waals surface area contributed by atoms with Crippen molar-refractivity contribution in [1.29, 1.82) is 0 Å². The summed E-state index contributed by atoms with van der Waals surface area (Å²) in [6, 6.07) is 8.81. The second kappa shape index (κ2) is 8.12. The maximum atomic E-state index is 12.6. The zero-order valence-corrected chi connectivity index (χ0v) is 16.1. The third-order valence-electron chi connectivity index (χ3n) is 4.80. The normalized spacial score (nSPS) is 18.5. The number of para-hydroxylation sites is 1. The Morgan fingerprint density at radius 3 is 2.74 bits per heavy atom. The Morgan fingerprint density at radius 2 is 2.07 bits per heavy atom. The number of H-pyrrole nitrogens is 1. The van der Waals surface area contributed by atoms with Gasteiger partial charge >= 0.3 is 5.97 Å². The molecule has 0 radical (unpaired) electrons. The van der Waals surface area contributed by atoms with Crippen molar-refractivity contribution in [2.75, 3.05) is 24.7 Å². The number of ether oxygens (including phenoxy) is 1. The van der Waals surface area contributed by atoms with Crippen LogP contribution >= 0.6 is 0 Å². The van der Waals surface area contributed by atoms with E-state index >= 15 is 0 Å². The molecule has 1 saturated heterocycles. The lowest BCUT2D eigenvalue weighted by atomic mass is 10.2. The summed E-state index contributed by atoms with van der Waals surface area (Å²) in [4.78, 5) is 29.4. The fraction of sp³-hybridized carbons (Fsp3) is 0.474. The summed E-state index contributed by atoms with van der Waals surface area (Å²) < 4.78 is 28.7. The zero-order valence-electron chi connectivity index (χ0n) is 15.3. The molecule has 1 amide bonds. The van der Waals surface area contributed by atoms with Crippen molar-refractivity contribution >= 4 is 32.6 Å². The molecule has 0 aliphatic carbocycles. The number of unbranched alkanes of at least 4 members (excludes halogenated alkanes) is 1. The van der Waals surface area contributed by atoms with Gasteiger partial charge in [-0.2, -0.15) is 0 Å². The number of esters is 1. The Morgan fingerprint density at radius 1 is 1.30 bits per heavy atom. The largest absolute Gasteiger partial charge is 0.451 e. The molecule has 1 aromatic heterocycles. The van der Waals surface area contributed by atoms with E-state index in [4.69, 9.17) is 4.74 Å². The number of sulfone groups is 1. The average molecular weight is 392 g/mol. The molecule has 7 nitrogen and oxygen atoms in total. The molecule has 1 aliphatic rings. The first-order valence-electron chi connectivity index (χ1n) is 9.14. The highest BCUT2D eigenvalue weighted by molar-refractivity contribution is 7.91. The summed E-state index contributed by atoms with van der Waals surface area (Å²) in [5.41, 5.74) is 1.10. The van der Waals surface area contributed by atoms with Gasteiger partial charge < -0.3 is 14.6 Å². The summed E-state index contributed by atoms with van der Waals surface area (Å²) in [6.45, 7) is 2.08. The number of benzene rings is 1. The Balaban J connectivity index is 1.63. The van der Waals surface area contributed by atoms with E-state index in [1.54, 1.807) is 11.0 Å². The first kappa shape index (κ1) is 19.4. The van der Waals surface area contributed by atoms with Crippen LogP contribution in [0.25, 0.3) is 10.9 Å². The molecular weight excluding hydrogens is 368 g/mol. The first-order valence-corrected chi connectivity index (χ1v) is 11.0. The lowest BCUT2D eigenvalue weighted by Crippen LogP contribution is -2.43. The average Bonchev–Trinajstić information content (AvgIpc) is 3.23. The van der Waals surface area contributed by atoms with Gasteiger partial charge in [-0.05, 0) is 25.0 Å². The Labute approximate surface area is 158 Å². The van der Waals surface area contributed by atoms with Crippen molar-refractivity contribution < 1.29 is 22.7 Å². The van der Waals surface area contributed by atoms with Gasteiger partial charge in [-0.15, -0.1) is 0 Å². The van der Waals surface area contributed by atoms with Crippen LogP contribution in [0.2, 0.25) is 0 Å². The van der Waals surface area contributed by atoms with E-state index in [0.717, 1.165) is 23.7 Å². The lowest BCUT2D eigenvalue weighted by Gasteiger charge is -2.28. The van der Waals surface area contributed by atoms with Gasteiger partial charge in [0.15, 0.2) is 16.4 Å². The van der Waals surface area contributed by atoms with Crippen LogP contribution in [0.5, 0.6) is 0 Å². The van der Waals surface area contributed by atoms with Crippen LogP contribution in [0.3, 0.4) is 0 Å². The van der Waals surface area contributed by atoms with E-state index in [-0.39, 0.29) is 29.1 Å². The predicted octanol–water partition coefficient (Wildman–Crippen LogP) is 2.14. The molecule has 8 heteroatoms.